The summed E-state index contributed by atoms with van der Waals surface area (Å²) in [4.78, 5) is 45.5. The van der Waals surface area contributed by atoms with Crippen LogP contribution in [0.3, 0.4) is 0 Å². The fourth-order valence-corrected chi connectivity index (χ4v) is 6.84. The number of aromatic amines is 1. The van der Waals surface area contributed by atoms with Crippen LogP contribution in [-0.2, 0) is 34.0 Å². The molecule has 1 fully saturated rings. The molecular formula is C37H46F6N10O10. The first-order valence-electron chi connectivity index (χ1n) is 19.1. The maximum Gasteiger partial charge on any atom is 0.490 e. The first-order chi connectivity index (χ1) is 29.5. The normalized spacial score (nSPS) is 15.8. The number of carboxylic acids is 2. The molecule has 26 heteroatoms. The minimum atomic E-state index is -5.19. The number of nitrogens with zero attached hydrogens (tertiary/aromatic N) is 8. The van der Waals surface area contributed by atoms with Crippen LogP contribution in [-0.4, -0.2) is 146 Å². The number of H-pyrrole nitrogens is 1. The third kappa shape index (κ3) is 12.2. The highest BCUT2D eigenvalue weighted by Gasteiger charge is 2.38. The van der Waals surface area contributed by atoms with Crippen LogP contribution in [0.15, 0.2) is 42.9 Å². The predicted molar refractivity (Wildman–Crippen MR) is 206 cm³/mol. The third-order valence-electron chi connectivity index (χ3n) is 10.0. The number of hydrogen-bond acceptors (Lipinski definition) is 14. The molecule has 0 radical (unpaired) electrons. The standard InChI is InChI=1S/C33H45N10O6.2C2HF3O2/c1-3-41-24-6-5-20(13-25(24)42(4-2)28(41)17-40(19-45)33-31(34)38-32-23(37-33)7-10-35-32)21-14-36-43(15-21)22-8-11-39(12-9-22)16-26(46)29(48)30(49)27(47)18-44;2*3-2(4,5)1(6)7/h5-7,10,13-15,19,22,26-27,29-30,44,46-49H,3-4,8-9,11-12,16-18H2,1-2H3,(H3,34,35,38);2*(H,6,7)/q+1;;/p-1/t26-,27+,29+,30+;;/m0../s1. The largest absolute Gasteiger partial charge is 0.542 e. The Bertz CT molecular complexity index is 2300. The summed E-state index contributed by atoms with van der Waals surface area (Å²) < 4.78 is 69.7. The Morgan fingerprint density at radius 3 is 2.17 bits per heavy atom. The van der Waals surface area contributed by atoms with Crippen molar-refractivity contribution in [2.45, 2.75) is 89.1 Å². The summed E-state index contributed by atoms with van der Waals surface area (Å²) in [5.74, 6) is -4.36. The van der Waals surface area contributed by atoms with E-state index in [1.165, 1.54) is 4.90 Å². The van der Waals surface area contributed by atoms with Crippen molar-refractivity contribution in [1.29, 1.82) is 0 Å². The van der Waals surface area contributed by atoms with Gasteiger partial charge in [0.2, 0.25) is 6.41 Å². The number of imidazole rings is 1. The van der Waals surface area contributed by atoms with Gasteiger partial charge in [-0.25, -0.2) is 23.9 Å². The molecule has 20 nitrogen and oxygen atoms in total. The number of benzene rings is 1. The Morgan fingerprint density at radius 2 is 1.63 bits per heavy atom. The number of carboxylic acid groups (broad SMARTS) is 2. The van der Waals surface area contributed by atoms with E-state index in [0.29, 0.717) is 43.2 Å². The number of likely N-dealkylation sites (tertiary alicyclic amines) is 1. The lowest BCUT2D eigenvalue weighted by Gasteiger charge is -2.35. The van der Waals surface area contributed by atoms with Crippen LogP contribution in [0.2, 0.25) is 0 Å². The van der Waals surface area contributed by atoms with Crippen molar-refractivity contribution in [3.8, 4) is 11.1 Å². The number of alkyl halides is 6. The Kier molecular flexibility index (Phi) is 16.5. The van der Waals surface area contributed by atoms with Crippen LogP contribution in [0.5, 0.6) is 0 Å². The average Bonchev–Trinajstić information content (AvgIpc) is 3.99. The average molecular weight is 905 g/mol. The number of fused-ring (bicyclic) bond motifs is 2. The quantitative estimate of drug-likeness (QED) is 0.0409. The molecule has 0 spiro atoms. The van der Waals surface area contributed by atoms with Gasteiger partial charge in [0.1, 0.15) is 36.3 Å². The SMILES string of the molecule is CCn1c(CN(C=O)c2nc3cc[nH]c3nc2N)[n+](CC)c2ccc(-c3cnn(C4CCN(C[C@H](O)[C@@H](O)[C@H](O)[C@H](O)CO)CC4)c3)cc21.O=C(O)C(F)(F)F.O=C([O-])C(F)(F)F. The number of amides is 1. The summed E-state index contributed by atoms with van der Waals surface area (Å²) in [5, 5.41) is 69.7. The fourth-order valence-electron chi connectivity index (χ4n) is 6.84. The molecule has 0 unspecified atom stereocenters. The Hall–Kier alpha value is -5.93. The van der Waals surface area contributed by atoms with Crippen molar-refractivity contribution in [2.75, 3.05) is 36.9 Å². The van der Waals surface area contributed by atoms with Crippen LogP contribution in [0.25, 0.3) is 33.3 Å². The number of anilines is 2. The lowest BCUT2D eigenvalue weighted by atomic mass is 10.0. The van der Waals surface area contributed by atoms with E-state index >= 15 is 0 Å². The Balaban J connectivity index is 0.000000537. The molecule has 5 heterocycles. The maximum absolute atomic E-state index is 12.4. The second-order valence-electron chi connectivity index (χ2n) is 14.1. The lowest BCUT2D eigenvalue weighted by Crippen LogP contribution is -2.50. The molecule has 1 amide bonds. The number of nitrogen functional groups attached to an aromatic ring is 1. The fraction of sp³-hybridized carbons (Fsp3) is 0.486. The molecule has 1 aliphatic rings. The summed E-state index contributed by atoms with van der Waals surface area (Å²) in [6, 6.07) is 8.27. The molecule has 5 aromatic rings. The summed E-state index contributed by atoms with van der Waals surface area (Å²) in [5.41, 5.74) is 11.5. The van der Waals surface area contributed by atoms with Gasteiger partial charge in [0.05, 0.1) is 38.0 Å². The number of aromatic nitrogens is 7. The van der Waals surface area contributed by atoms with Crippen LogP contribution in [0.4, 0.5) is 38.0 Å². The molecule has 0 bridgehead atoms. The van der Waals surface area contributed by atoms with E-state index in [-0.39, 0.29) is 24.9 Å². The number of aliphatic hydroxyl groups is 5. The molecule has 9 N–H and O–H groups in total. The van der Waals surface area contributed by atoms with Gasteiger partial charge < -0.3 is 56.2 Å². The highest BCUT2D eigenvalue weighted by atomic mass is 19.4. The molecule has 0 aliphatic carbocycles. The highest BCUT2D eigenvalue weighted by molar-refractivity contribution is 5.84. The zero-order valence-corrected chi connectivity index (χ0v) is 33.6. The Labute approximate surface area is 353 Å². The number of halogens is 6. The monoisotopic (exact) mass is 904 g/mol. The minimum Gasteiger partial charge on any atom is -0.542 e. The van der Waals surface area contributed by atoms with Crippen molar-refractivity contribution < 1.29 is 81.0 Å². The number of carbonyl (C=O) groups excluding carboxylic acids is 2. The molecule has 1 aliphatic heterocycles. The lowest BCUT2D eigenvalue weighted by molar-refractivity contribution is -0.676. The molecule has 63 heavy (non-hydrogen) atoms. The molecule has 6 rings (SSSR count). The van der Waals surface area contributed by atoms with E-state index < -0.39 is 55.3 Å². The van der Waals surface area contributed by atoms with Crippen molar-refractivity contribution in [2.24, 2.45) is 0 Å². The van der Waals surface area contributed by atoms with Gasteiger partial charge in [-0.1, -0.05) is 0 Å². The molecule has 4 atom stereocenters. The van der Waals surface area contributed by atoms with Crippen LogP contribution < -0.4 is 20.3 Å². The number of aliphatic hydroxyl groups excluding tert-OH is 5. The summed E-state index contributed by atoms with van der Waals surface area (Å²) in [7, 11) is 0. The van der Waals surface area contributed by atoms with Crippen LogP contribution >= 0.6 is 0 Å². The van der Waals surface area contributed by atoms with Gasteiger partial charge in [-0.05, 0) is 56.5 Å². The topological polar surface area (TPSA) is 296 Å². The second-order valence-corrected chi connectivity index (χ2v) is 14.1. The molecule has 4 aromatic heterocycles. The molecule has 1 saturated heterocycles. The number of piperidine rings is 1. The third-order valence-corrected chi connectivity index (χ3v) is 10.0. The number of nitrogens with two attached hydrogens (primary N) is 1. The van der Waals surface area contributed by atoms with Crippen LogP contribution in [0.1, 0.15) is 38.6 Å². The van der Waals surface area contributed by atoms with Crippen molar-refractivity contribution in [3.63, 3.8) is 0 Å². The van der Waals surface area contributed by atoms with Crippen LogP contribution in [0, 0.1) is 0 Å². The molecule has 346 valence electrons. The molecule has 1 aromatic carbocycles. The zero-order chi connectivity index (χ0) is 47.0. The molecular weight excluding hydrogens is 858 g/mol. The van der Waals surface area contributed by atoms with E-state index in [4.69, 9.17) is 35.7 Å². The van der Waals surface area contributed by atoms with E-state index in [2.05, 4.69) is 56.1 Å². The number of aryl methyl sites for hydroxylation is 2. The van der Waals surface area contributed by atoms with E-state index in [1.807, 2.05) is 22.0 Å². The smallest absolute Gasteiger partial charge is 0.490 e. The van der Waals surface area contributed by atoms with Gasteiger partial charge in [0.25, 0.3) is 5.82 Å². The number of aliphatic carboxylic acids is 2. The summed E-state index contributed by atoms with van der Waals surface area (Å²) >= 11 is 0. The van der Waals surface area contributed by atoms with Crippen molar-refractivity contribution in [3.05, 3.63) is 48.7 Å². The van der Waals surface area contributed by atoms with Gasteiger partial charge in [-0.3, -0.25) is 14.4 Å². The molecule has 0 saturated carbocycles. The van der Waals surface area contributed by atoms with Gasteiger partial charge in [0.15, 0.2) is 28.3 Å². The van der Waals surface area contributed by atoms with E-state index in [0.717, 1.165) is 47.2 Å². The number of β-amino-alcohol motifs (C(OH)–C–C–N with tert-alkyl or cyclic N) is 1. The van der Waals surface area contributed by atoms with Gasteiger partial charge >= 0.3 is 18.3 Å². The second kappa shape index (κ2) is 21.0. The first kappa shape index (κ1) is 49.7. The number of nitrogens with one attached hydrogen (secondary N) is 1. The summed E-state index contributed by atoms with van der Waals surface area (Å²) in [6.45, 7) is 6.52. The number of carbonyl (C=O) groups is 3. The zero-order valence-electron chi connectivity index (χ0n) is 33.6. The predicted octanol–water partition coefficient (Wildman–Crippen LogP) is -0.147. The van der Waals surface area contributed by atoms with E-state index in [1.54, 1.807) is 12.3 Å². The number of hydrogen-bond donors (Lipinski definition) is 8. The van der Waals surface area contributed by atoms with E-state index in [9.17, 15) is 51.6 Å². The first-order valence-corrected chi connectivity index (χ1v) is 19.1. The number of rotatable bonds is 14. The maximum atomic E-state index is 12.4. The Morgan fingerprint density at radius 1 is 1.02 bits per heavy atom. The highest BCUT2D eigenvalue weighted by Crippen LogP contribution is 2.29. The van der Waals surface area contributed by atoms with Crippen molar-refractivity contribution in [1.82, 2.24) is 34.2 Å². The minimum absolute atomic E-state index is 0.137. The van der Waals surface area contributed by atoms with Crippen molar-refractivity contribution >= 4 is 52.2 Å². The van der Waals surface area contributed by atoms with Gasteiger partial charge in [-0.2, -0.15) is 31.4 Å². The summed E-state index contributed by atoms with van der Waals surface area (Å²) in [6.07, 6.45) is -8.33. The van der Waals surface area contributed by atoms with Gasteiger partial charge in [-0.15, -0.1) is 0 Å². The van der Waals surface area contributed by atoms with Gasteiger partial charge in [0, 0.05) is 37.6 Å².